The highest BCUT2D eigenvalue weighted by atomic mass is 35.5. The highest BCUT2D eigenvalue weighted by molar-refractivity contribution is 7.99. The van der Waals surface area contributed by atoms with Gasteiger partial charge in [-0.3, -0.25) is 0 Å². The molecule has 0 aliphatic heterocycles. The van der Waals surface area contributed by atoms with Gasteiger partial charge in [-0.1, -0.05) is 18.5 Å². The standard InChI is InChI=1S/C8H10ClN3O2S/c1-4(7(13)14)3-15-6-2-5(9)11-8(10)12-6/h2,4H,3H2,1H3,(H,13,14)(H2,10,11,12)/p-1. The van der Waals surface area contributed by atoms with E-state index >= 15 is 0 Å². The maximum atomic E-state index is 10.4. The number of carbonyl (C=O) groups excluding carboxylic acids is 1. The lowest BCUT2D eigenvalue weighted by Gasteiger charge is -2.11. The molecule has 1 rings (SSSR count). The first kappa shape index (κ1) is 12.1. The minimum absolute atomic E-state index is 0.0751. The normalized spacial score (nSPS) is 12.4. The zero-order chi connectivity index (χ0) is 11.4. The number of nitrogen functional groups attached to an aromatic ring is 1. The van der Waals surface area contributed by atoms with E-state index in [1.807, 2.05) is 0 Å². The Balaban J connectivity index is 2.61. The fraction of sp³-hybridized carbons (Fsp3) is 0.375. The minimum atomic E-state index is -1.09. The number of thioether (sulfide) groups is 1. The topological polar surface area (TPSA) is 91.9 Å². The summed E-state index contributed by atoms with van der Waals surface area (Å²) >= 11 is 6.90. The van der Waals surface area contributed by atoms with Crippen molar-refractivity contribution < 1.29 is 9.90 Å². The van der Waals surface area contributed by atoms with E-state index in [4.69, 9.17) is 17.3 Å². The van der Waals surface area contributed by atoms with Crippen molar-refractivity contribution in [1.29, 1.82) is 0 Å². The largest absolute Gasteiger partial charge is 0.550 e. The number of carbonyl (C=O) groups is 1. The Bertz CT molecular complexity index is 355. The molecule has 1 atom stereocenters. The number of nitrogens with zero attached hydrogens (tertiary/aromatic N) is 2. The lowest BCUT2D eigenvalue weighted by atomic mass is 10.2. The minimum Gasteiger partial charge on any atom is -0.550 e. The molecule has 0 bridgehead atoms. The van der Waals surface area contributed by atoms with Gasteiger partial charge in [0.15, 0.2) is 0 Å². The monoisotopic (exact) mass is 246 g/mol. The highest BCUT2D eigenvalue weighted by Crippen LogP contribution is 2.21. The highest BCUT2D eigenvalue weighted by Gasteiger charge is 2.06. The molecule has 7 heteroatoms. The van der Waals surface area contributed by atoms with Crippen LogP contribution < -0.4 is 10.8 Å². The van der Waals surface area contributed by atoms with Gasteiger partial charge in [0.1, 0.15) is 10.2 Å². The van der Waals surface area contributed by atoms with Crippen LogP contribution in [-0.4, -0.2) is 21.7 Å². The van der Waals surface area contributed by atoms with Crippen molar-refractivity contribution in [3.63, 3.8) is 0 Å². The number of aromatic nitrogens is 2. The summed E-state index contributed by atoms with van der Waals surface area (Å²) in [6.07, 6.45) is 0. The molecule has 0 amide bonds. The van der Waals surface area contributed by atoms with E-state index < -0.39 is 11.9 Å². The molecule has 1 aromatic heterocycles. The van der Waals surface area contributed by atoms with E-state index in [0.717, 1.165) is 0 Å². The molecule has 2 N–H and O–H groups in total. The van der Waals surface area contributed by atoms with E-state index in [2.05, 4.69) is 9.97 Å². The van der Waals surface area contributed by atoms with Crippen LogP contribution in [0, 0.1) is 5.92 Å². The number of halogens is 1. The molecular weight excluding hydrogens is 238 g/mol. The number of anilines is 1. The molecule has 15 heavy (non-hydrogen) atoms. The Morgan fingerprint density at radius 3 is 2.93 bits per heavy atom. The summed E-state index contributed by atoms with van der Waals surface area (Å²) in [6.45, 7) is 1.56. The quantitative estimate of drug-likeness (QED) is 0.602. The van der Waals surface area contributed by atoms with Crippen LogP contribution in [0.5, 0.6) is 0 Å². The molecule has 0 aliphatic rings. The van der Waals surface area contributed by atoms with Gasteiger partial charge in [-0.05, 0) is 0 Å². The summed E-state index contributed by atoms with van der Waals surface area (Å²) < 4.78 is 0. The summed E-state index contributed by atoms with van der Waals surface area (Å²) in [5, 5.41) is 11.2. The van der Waals surface area contributed by atoms with Gasteiger partial charge in [-0.25, -0.2) is 9.97 Å². The van der Waals surface area contributed by atoms with E-state index in [1.54, 1.807) is 6.92 Å². The van der Waals surface area contributed by atoms with Gasteiger partial charge < -0.3 is 15.6 Å². The van der Waals surface area contributed by atoms with Crippen LogP contribution in [0.15, 0.2) is 11.1 Å². The number of carboxylic acids is 1. The predicted molar refractivity (Wildman–Crippen MR) is 56.3 cm³/mol. The average molecular weight is 247 g/mol. The zero-order valence-electron chi connectivity index (χ0n) is 7.94. The van der Waals surface area contributed by atoms with E-state index in [1.165, 1.54) is 17.8 Å². The summed E-state index contributed by atoms with van der Waals surface area (Å²) in [7, 11) is 0. The first-order valence-corrected chi connectivity index (χ1v) is 5.49. The third-order valence-electron chi connectivity index (χ3n) is 1.57. The smallest absolute Gasteiger partial charge is 0.222 e. The van der Waals surface area contributed by atoms with Gasteiger partial charge in [0.25, 0.3) is 0 Å². The molecule has 0 fully saturated rings. The Morgan fingerprint density at radius 2 is 2.40 bits per heavy atom. The number of nitrogens with two attached hydrogens (primary N) is 1. The van der Waals surface area contributed by atoms with Crippen molar-refractivity contribution in [3.05, 3.63) is 11.2 Å². The van der Waals surface area contributed by atoms with Crippen LogP contribution in [0.3, 0.4) is 0 Å². The summed E-state index contributed by atoms with van der Waals surface area (Å²) in [5.74, 6) is -1.21. The first-order valence-electron chi connectivity index (χ1n) is 4.12. The maximum Gasteiger partial charge on any atom is 0.222 e. The van der Waals surface area contributed by atoms with Crippen molar-refractivity contribution in [2.45, 2.75) is 11.9 Å². The van der Waals surface area contributed by atoms with Crippen LogP contribution in [-0.2, 0) is 4.79 Å². The Morgan fingerprint density at radius 1 is 1.73 bits per heavy atom. The maximum absolute atomic E-state index is 10.4. The van der Waals surface area contributed by atoms with E-state index in [9.17, 15) is 9.90 Å². The summed E-state index contributed by atoms with van der Waals surface area (Å²) in [5.41, 5.74) is 5.38. The molecular formula is C8H9ClN3O2S-. The van der Waals surface area contributed by atoms with Gasteiger partial charge >= 0.3 is 0 Å². The third kappa shape index (κ3) is 3.93. The van der Waals surface area contributed by atoms with Crippen molar-refractivity contribution >= 4 is 35.3 Å². The molecule has 0 saturated carbocycles. The molecule has 0 aromatic carbocycles. The Kier molecular flexibility index (Phi) is 4.16. The number of hydrogen-bond acceptors (Lipinski definition) is 6. The molecule has 0 saturated heterocycles. The van der Waals surface area contributed by atoms with Crippen LogP contribution >= 0.6 is 23.4 Å². The second kappa shape index (κ2) is 5.18. The third-order valence-corrected chi connectivity index (χ3v) is 2.94. The van der Waals surface area contributed by atoms with Gasteiger partial charge in [0, 0.05) is 23.7 Å². The molecule has 0 aliphatic carbocycles. The van der Waals surface area contributed by atoms with Gasteiger partial charge in [0.2, 0.25) is 5.95 Å². The molecule has 1 aromatic rings. The number of rotatable bonds is 4. The van der Waals surface area contributed by atoms with Gasteiger partial charge in [-0.2, -0.15) is 0 Å². The van der Waals surface area contributed by atoms with Gasteiger partial charge in [0.05, 0.1) is 0 Å². The Hall–Kier alpha value is -1.01. The second-order valence-electron chi connectivity index (χ2n) is 2.92. The lowest BCUT2D eigenvalue weighted by Crippen LogP contribution is -2.30. The van der Waals surface area contributed by atoms with Crippen molar-refractivity contribution in [1.82, 2.24) is 9.97 Å². The Labute approximate surface area is 96.1 Å². The second-order valence-corrected chi connectivity index (χ2v) is 4.35. The van der Waals surface area contributed by atoms with Crippen LogP contribution in [0.1, 0.15) is 6.92 Å². The summed E-state index contributed by atoms with van der Waals surface area (Å²) in [6, 6.07) is 1.53. The SMILES string of the molecule is CC(CSc1cc(Cl)nc(N)n1)C(=O)[O-]. The van der Waals surface area contributed by atoms with E-state index in [0.29, 0.717) is 10.8 Å². The predicted octanol–water partition coefficient (Wildman–Crippen LogP) is 0.190. The van der Waals surface area contributed by atoms with Crippen molar-refractivity contribution in [2.75, 3.05) is 11.5 Å². The van der Waals surface area contributed by atoms with Crippen LogP contribution in [0.4, 0.5) is 5.95 Å². The molecule has 5 nitrogen and oxygen atoms in total. The molecule has 1 heterocycles. The fourth-order valence-corrected chi connectivity index (χ4v) is 1.93. The molecule has 0 radical (unpaired) electrons. The van der Waals surface area contributed by atoms with Crippen molar-refractivity contribution in [3.8, 4) is 0 Å². The van der Waals surface area contributed by atoms with Gasteiger partial charge in [-0.15, -0.1) is 11.8 Å². The fourth-order valence-electron chi connectivity index (χ4n) is 0.766. The average Bonchev–Trinajstić information content (AvgIpc) is 2.12. The first-order chi connectivity index (χ1) is 6.99. The van der Waals surface area contributed by atoms with E-state index in [-0.39, 0.29) is 11.1 Å². The van der Waals surface area contributed by atoms with Crippen molar-refractivity contribution in [2.24, 2.45) is 5.92 Å². The number of carboxylic acid groups (broad SMARTS) is 1. The molecule has 82 valence electrons. The molecule has 0 spiro atoms. The lowest BCUT2D eigenvalue weighted by molar-refractivity contribution is -0.310. The van der Waals surface area contributed by atoms with Crippen LogP contribution in [0.2, 0.25) is 5.15 Å². The number of aliphatic carboxylic acids is 1. The van der Waals surface area contributed by atoms with Crippen LogP contribution in [0.25, 0.3) is 0 Å². The number of hydrogen-bond donors (Lipinski definition) is 1. The zero-order valence-corrected chi connectivity index (χ0v) is 9.51. The summed E-state index contributed by atoms with van der Waals surface area (Å²) in [4.78, 5) is 18.0. The molecule has 1 unspecified atom stereocenters.